The van der Waals surface area contributed by atoms with Crippen LogP contribution in [0.4, 0.5) is 4.39 Å². The van der Waals surface area contributed by atoms with Crippen LogP contribution in [-0.4, -0.2) is 34.7 Å². The van der Waals surface area contributed by atoms with Crippen LogP contribution < -0.4 is 10.8 Å². The van der Waals surface area contributed by atoms with Crippen molar-refractivity contribution in [2.24, 2.45) is 5.16 Å². The van der Waals surface area contributed by atoms with E-state index in [4.69, 9.17) is 32.7 Å². The Morgan fingerprint density at radius 3 is 2.66 bits per heavy atom. The molecule has 0 saturated heterocycles. The van der Waals surface area contributed by atoms with Gasteiger partial charge in [-0.1, -0.05) is 46.6 Å². The third-order valence-corrected chi connectivity index (χ3v) is 8.38. The molecule has 2 aromatic heterocycles. The van der Waals surface area contributed by atoms with Gasteiger partial charge in [-0.2, -0.15) is 0 Å². The van der Waals surface area contributed by atoms with Crippen LogP contribution in [0.1, 0.15) is 59.9 Å². The van der Waals surface area contributed by atoms with Gasteiger partial charge in [0, 0.05) is 30.3 Å². The molecule has 210 valence electrons. The Hall–Kier alpha value is -3.37. The van der Waals surface area contributed by atoms with E-state index in [1.54, 1.807) is 6.07 Å². The fraction of sp³-hybridized carbons (Fsp3) is 0.267. The number of carbonyl (C=O) groups is 1. The first kappa shape index (κ1) is 27.8. The number of nitrogens with one attached hydrogen (secondary N) is 1. The highest BCUT2D eigenvalue weighted by atomic mass is 35.5. The van der Waals surface area contributed by atoms with Gasteiger partial charge in [0.2, 0.25) is 0 Å². The molecule has 6 rings (SSSR count). The molecule has 0 radical (unpaired) electrons. The molecular formula is C30H27BCl2FN3O4. The number of rotatable bonds is 6. The van der Waals surface area contributed by atoms with Crippen molar-refractivity contribution in [1.29, 1.82) is 0 Å². The summed E-state index contributed by atoms with van der Waals surface area (Å²) in [7, 11) is -0.950. The summed E-state index contributed by atoms with van der Waals surface area (Å²) in [6.07, 6.45) is 2.82. The Morgan fingerprint density at radius 2 is 1.90 bits per heavy atom. The number of benzene rings is 2. The smallest absolute Gasteiger partial charge is 0.423 e. The van der Waals surface area contributed by atoms with Gasteiger partial charge in [-0.15, -0.1) is 0 Å². The normalized spacial score (nSPS) is 19.3. The standard InChI is InChI=1S/C30H27BCl2FN3O4/c1-29(2)20-8-6-17(13-21(20)31(39)40-29)10-11-35-28(38)26-9-7-19(25-5-4-12-37(25)26)24-16-30(3,41-36-24)18-14-22(32)27(34)23(33)15-18/h4-9,12-15,39H,10-11,16H2,1-3H3,(H,35,38). The van der Waals surface area contributed by atoms with Crippen molar-refractivity contribution in [3.05, 3.63) is 105 Å². The van der Waals surface area contributed by atoms with E-state index in [1.807, 2.05) is 67.8 Å². The lowest BCUT2D eigenvalue weighted by atomic mass is 9.77. The van der Waals surface area contributed by atoms with Gasteiger partial charge in [0.25, 0.3) is 5.91 Å². The Kier molecular flexibility index (Phi) is 6.89. The van der Waals surface area contributed by atoms with Crippen LogP contribution in [0.2, 0.25) is 10.0 Å². The number of halogens is 3. The molecule has 11 heteroatoms. The molecule has 41 heavy (non-hydrogen) atoms. The first-order valence-electron chi connectivity index (χ1n) is 13.2. The number of nitrogens with zero attached hydrogens (tertiary/aromatic N) is 2. The van der Waals surface area contributed by atoms with Gasteiger partial charge in [-0.05, 0) is 80.2 Å². The lowest BCUT2D eigenvalue weighted by Crippen LogP contribution is -2.30. The molecule has 2 aliphatic rings. The summed E-state index contributed by atoms with van der Waals surface area (Å²) in [6.45, 7) is 6.12. The summed E-state index contributed by atoms with van der Waals surface area (Å²) in [5.41, 5.74) is 4.71. The van der Waals surface area contributed by atoms with Gasteiger partial charge in [-0.25, -0.2) is 4.39 Å². The average Bonchev–Trinajstić information content (AvgIpc) is 3.63. The van der Waals surface area contributed by atoms with Gasteiger partial charge in [0.1, 0.15) is 5.69 Å². The van der Waals surface area contributed by atoms with E-state index in [1.165, 1.54) is 12.1 Å². The van der Waals surface area contributed by atoms with E-state index in [-0.39, 0.29) is 16.0 Å². The highest BCUT2D eigenvalue weighted by Crippen LogP contribution is 2.40. The van der Waals surface area contributed by atoms with Gasteiger partial charge in [0.05, 0.1) is 26.9 Å². The topological polar surface area (TPSA) is 84.6 Å². The highest BCUT2D eigenvalue weighted by molar-refractivity contribution is 6.62. The van der Waals surface area contributed by atoms with Gasteiger partial charge < -0.3 is 24.2 Å². The van der Waals surface area contributed by atoms with E-state index in [2.05, 4.69) is 10.5 Å². The number of aromatic nitrogens is 1. The second-order valence-corrected chi connectivity index (χ2v) is 11.9. The summed E-state index contributed by atoms with van der Waals surface area (Å²) >= 11 is 12.0. The number of oxime groups is 1. The summed E-state index contributed by atoms with van der Waals surface area (Å²) in [5.74, 6) is -0.887. The Bertz CT molecular complexity index is 1720. The minimum atomic E-state index is -0.950. The zero-order chi connectivity index (χ0) is 29.1. The average molecular weight is 594 g/mol. The first-order chi connectivity index (χ1) is 19.5. The van der Waals surface area contributed by atoms with Crippen LogP contribution >= 0.6 is 23.2 Å². The van der Waals surface area contributed by atoms with Crippen LogP contribution in [0.5, 0.6) is 0 Å². The molecule has 2 N–H and O–H groups in total. The largest absolute Gasteiger partial charge is 0.492 e. The molecular weight excluding hydrogens is 567 g/mol. The van der Waals surface area contributed by atoms with E-state index in [0.717, 1.165) is 27.7 Å². The molecule has 2 aliphatic heterocycles. The van der Waals surface area contributed by atoms with Crippen LogP contribution in [0, 0.1) is 5.82 Å². The number of fused-ring (bicyclic) bond motifs is 2. The lowest BCUT2D eigenvalue weighted by Gasteiger charge is -2.22. The minimum absolute atomic E-state index is 0.0816. The number of hydrogen-bond acceptors (Lipinski definition) is 5. The van der Waals surface area contributed by atoms with E-state index < -0.39 is 24.1 Å². The highest BCUT2D eigenvalue weighted by Gasteiger charge is 2.41. The minimum Gasteiger partial charge on any atom is -0.423 e. The van der Waals surface area contributed by atoms with Crippen molar-refractivity contribution >= 4 is 52.9 Å². The maximum atomic E-state index is 14.0. The molecule has 2 aromatic carbocycles. The maximum absolute atomic E-state index is 14.0. The second-order valence-electron chi connectivity index (χ2n) is 11.1. The van der Waals surface area contributed by atoms with Crippen LogP contribution in [0.15, 0.2) is 65.9 Å². The molecule has 0 bridgehead atoms. The van der Waals surface area contributed by atoms with Gasteiger partial charge in [-0.3, -0.25) is 4.79 Å². The first-order valence-corrected chi connectivity index (χ1v) is 14.0. The van der Waals surface area contributed by atoms with Crippen LogP contribution in [0.25, 0.3) is 5.52 Å². The Morgan fingerprint density at radius 1 is 1.15 bits per heavy atom. The van der Waals surface area contributed by atoms with Crippen molar-refractivity contribution in [3.63, 3.8) is 0 Å². The van der Waals surface area contributed by atoms with Gasteiger partial charge in [0.15, 0.2) is 11.4 Å². The number of carbonyl (C=O) groups excluding carboxylic acids is 1. The van der Waals surface area contributed by atoms with Gasteiger partial charge >= 0.3 is 7.12 Å². The quantitative estimate of drug-likeness (QED) is 0.233. The number of hydrogen-bond donors (Lipinski definition) is 2. The zero-order valence-corrected chi connectivity index (χ0v) is 24.2. The molecule has 1 atom stereocenters. The van der Waals surface area contributed by atoms with Crippen LogP contribution in [0.3, 0.4) is 0 Å². The number of pyridine rings is 1. The van der Waals surface area contributed by atoms with Crippen molar-refractivity contribution in [3.8, 4) is 0 Å². The predicted molar refractivity (Wildman–Crippen MR) is 158 cm³/mol. The summed E-state index contributed by atoms with van der Waals surface area (Å²) in [5, 5.41) is 17.4. The van der Waals surface area contributed by atoms with Crippen molar-refractivity contribution in [1.82, 2.24) is 9.72 Å². The fourth-order valence-electron chi connectivity index (χ4n) is 5.60. The third kappa shape index (κ3) is 4.91. The lowest BCUT2D eigenvalue weighted by molar-refractivity contribution is -0.00742. The molecule has 0 saturated carbocycles. The summed E-state index contributed by atoms with van der Waals surface area (Å²) in [6, 6.07) is 16.3. The molecule has 7 nitrogen and oxygen atoms in total. The van der Waals surface area contributed by atoms with E-state index in [0.29, 0.717) is 36.4 Å². The second kappa shape index (κ2) is 10.2. The molecule has 0 spiro atoms. The van der Waals surface area contributed by atoms with Crippen molar-refractivity contribution in [2.75, 3.05) is 6.54 Å². The molecule has 4 heterocycles. The Balaban J connectivity index is 1.16. The van der Waals surface area contributed by atoms with Crippen molar-refractivity contribution < 1.29 is 23.7 Å². The molecule has 1 amide bonds. The fourth-order valence-corrected chi connectivity index (χ4v) is 6.09. The molecule has 4 aromatic rings. The molecule has 0 aliphatic carbocycles. The van der Waals surface area contributed by atoms with Crippen LogP contribution in [-0.2, 0) is 27.1 Å². The monoisotopic (exact) mass is 593 g/mol. The summed E-state index contributed by atoms with van der Waals surface area (Å²) in [4.78, 5) is 19.0. The maximum Gasteiger partial charge on any atom is 0.492 e. The summed E-state index contributed by atoms with van der Waals surface area (Å²) < 4.78 is 21.4. The number of amides is 1. The molecule has 0 fully saturated rings. The Labute approximate surface area is 247 Å². The van der Waals surface area contributed by atoms with Crippen molar-refractivity contribution in [2.45, 2.75) is 44.8 Å². The molecule has 1 unspecified atom stereocenters. The van der Waals surface area contributed by atoms with E-state index in [9.17, 15) is 14.2 Å². The zero-order valence-electron chi connectivity index (χ0n) is 22.7. The third-order valence-electron chi connectivity index (χ3n) is 7.83. The SMILES string of the molecule is CC1(C)OB(O)c2cc(CCNC(=O)c3ccc(C4=NOC(C)(c5cc(Cl)c(F)c(Cl)c5)C4)c4cccn34)ccc21. The van der Waals surface area contributed by atoms with E-state index >= 15 is 0 Å². The predicted octanol–water partition coefficient (Wildman–Crippen LogP) is 5.35.